The molecule has 0 spiro atoms. The van der Waals surface area contributed by atoms with Crippen molar-refractivity contribution in [3.8, 4) is 5.75 Å². The number of amides is 2. The van der Waals surface area contributed by atoms with Crippen LogP contribution in [0.1, 0.15) is 52.0 Å². The fraction of sp³-hybridized carbons (Fsp3) is 0.550. The average Bonchev–Trinajstić information content (AvgIpc) is 2.59. The second-order valence-corrected chi connectivity index (χ2v) is 7.39. The lowest BCUT2D eigenvalue weighted by Gasteiger charge is -2.39. The zero-order valence-electron chi connectivity index (χ0n) is 16.4. The first kappa shape index (κ1) is 20.7. The normalized spacial score (nSPS) is 16.3. The van der Waals surface area contributed by atoms with Crippen LogP contribution in [0.5, 0.6) is 5.75 Å². The number of hydrogen-bond donors (Lipinski definition) is 2. The molecule has 148 valence electrons. The Labute approximate surface area is 159 Å². The molecule has 1 aromatic carbocycles. The van der Waals surface area contributed by atoms with Crippen molar-refractivity contribution in [1.82, 2.24) is 5.32 Å². The maximum Gasteiger partial charge on any atom is 0.326 e. The van der Waals surface area contributed by atoms with Crippen LogP contribution >= 0.6 is 0 Å². The van der Waals surface area contributed by atoms with Gasteiger partial charge in [0.25, 0.3) is 5.91 Å². The number of hydrogen-bond acceptors (Lipinski definition) is 4. The van der Waals surface area contributed by atoms with Crippen LogP contribution in [0.2, 0.25) is 0 Å². The Morgan fingerprint density at radius 1 is 1.33 bits per heavy atom. The van der Waals surface area contributed by atoms with Crippen LogP contribution in [0.25, 0.3) is 0 Å². The minimum absolute atomic E-state index is 0.0190. The summed E-state index contributed by atoms with van der Waals surface area (Å²) in [4.78, 5) is 37.9. The second kappa shape index (κ2) is 8.41. The van der Waals surface area contributed by atoms with Crippen LogP contribution in [0.15, 0.2) is 18.2 Å². The molecule has 0 aliphatic carbocycles. The van der Waals surface area contributed by atoms with E-state index in [0.29, 0.717) is 17.9 Å². The molecule has 1 aliphatic rings. The lowest BCUT2D eigenvalue weighted by Crippen LogP contribution is -2.53. The summed E-state index contributed by atoms with van der Waals surface area (Å²) >= 11 is 0. The summed E-state index contributed by atoms with van der Waals surface area (Å²) in [5.74, 6) is -1.06. The molecule has 1 aromatic rings. The van der Waals surface area contributed by atoms with Crippen LogP contribution in [0.4, 0.5) is 5.69 Å². The maximum atomic E-state index is 12.8. The Kier molecular flexibility index (Phi) is 6.46. The van der Waals surface area contributed by atoms with Crippen LogP contribution < -0.4 is 15.0 Å². The van der Waals surface area contributed by atoms with Gasteiger partial charge >= 0.3 is 5.97 Å². The fourth-order valence-corrected chi connectivity index (χ4v) is 3.05. The summed E-state index contributed by atoms with van der Waals surface area (Å²) < 4.78 is 5.79. The largest absolute Gasteiger partial charge is 0.480 e. The molecule has 0 saturated heterocycles. The Balaban J connectivity index is 2.09. The summed E-state index contributed by atoms with van der Waals surface area (Å²) in [6.07, 6.45) is 1.99. The molecule has 2 rings (SSSR count). The number of carbonyl (C=O) groups excluding carboxylic acids is 2. The number of aryl methyl sites for hydroxylation is 1. The number of anilines is 1. The molecule has 0 fully saturated rings. The number of unbranched alkanes of at least 4 members (excludes halogenated alkanes) is 1. The van der Waals surface area contributed by atoms with Gasteiger partial charge in [-0.3, -0.25) is 9.59 Å². The van der Waals surface area contributed by atoms with Gasteiger partial charge in [0.05, 0.1) is 5.69 Å². The third-order valence-corrected chi connectivity index (χ3v) is 4.57. The molecule has 0 saturated carbocycles. The number of rotatable bonds is 8. The van der Waals surface area contributed by atoms with E-state index in [-0.39, 0.29) is 24.8 Å². The van der Waals surface area contributed by atoms with Gasteiger partial charge in [-0.2, -0.15) is 0 Å². The lowest BCUT2D eigenvalue weighted by molar-refractivity contribution is -0.142. The predicted octanol–water partition coefficient (Wildman–Crippen LogP) is 2.65. The van der Waals surface area contributed by atoms with E-state index in [9.17, 15) is 19.5 Å². The average molecular weight is 376 g/mol. The summed E-state index contributed by atoms with van der Waals surface area (Å²) in [5, 5.41) is 11.8. The number of aliphatic carboxylic acids is 1. The topological polar surface area (TPSA) is 95.9 Å². The number of benzene rings is 1. The summed E-state index contributed by atoms with van der Waals surface area (Å²) in [6.45, 7) is 7.42. The van der Waals surface area contributed by atoms with Crippen LogP contribution in [0, 0.1) is 6.92 Å². The summed E-state index contributed by atoms with van der Waals surface area (Å²) in [7, 11) is 0. The van der Waals surface area contributed by atoms with E-state index in [1.54, 1.807) is 18.7 Å². The highest BCUT2D eigenvalue weighted by Gasteiger charge is 2.40. The van der Waals surface area contributed by atoms with E-state index in [2.05, 4.69) is 5.32 Å². The fourth-order valence-electron chi connectivity index (χ4n) is 3.05. The maximum absolute atomic E-state index is 12.8. The quantitative estimate of drug-likeness (QED) is 0.727. The van der Waals surface area contributed by atoms with Gasteiger partial charge in [0.1, 0.15) is 11.8 Å². The minimum atomic E-state index is -1.04. The van der Waals surface area contributed by atoms with Crippen LogP contribution in [-0.2, 0) is 14.4 Å². The van der Waals surface area contributed by atoms with E-state index in [1.807, 2.05) is 32.0 Å². The first-order valence-corrected chi connectivity index (χ1v) is 9.29. The molecule has 1 heterocycles. The van der Waals surface area contributed by atoms with Gasteiger partial charge in [-0.05, 0) is 44.9 Å². The van der Waals surface area contributed by atoms with Crippen LogP contribution in [-0.4, -0.2) is 41.1 Å². The van der Waals surface area contributed by atoms with Gasteiger partial charge in [-0.1, -0.05) is 25.8 Å². The number of carboxylic acids is 1. The molecule has 1 aliphatic heterocycles. The SMILES string of the molecule is CCCCC(NC(=O)CCN1C(=O)C(C)(C)Oc2ccc(C)cc21)C(=O)O. The van der Waals surface area contributed by atoms with Crippen molar-refractivity contribution < 1.29 is 24.2 Å². The third-order valence-electron chi connectivity index (χ3n) is 4.57. The number of ether oxygens (including phenoxy) is 1. The molecule has 1 atom stereocenters. The van der Waals surface area contributed by atoms with E-state index >= 15 is 0 Å². The van der Waals surface area contributed by atoms with Crippen molar-refractivity contribution in [3.05, 3.63) is 23.8 Å². The van der Waals surface area contributed by atoms with Gasteiger partial charge in [0.2, 0.25) is 5.91 Å². The molecule has 0 aromatic heterocycles. The Bertz CT molecular complexity index is 729. The number of nitrogens with zero attached hydrogens (tertiary/aromatic N) is 1. The molecular formula is C20H28N2O5. The van der Waals surface area contributed by atoms with Crippen molar-refractivity contribution in [1.29, 1.82) is 0 Å². The molecule has 0 bridgehead atoms. The van der Waals surface area contributed by atoms with Crippen molar-refractivity contribution in [2.45, 2.75) is 65.0 Å². The van der Waals surface area contributed by atoms with Crippen molar-refractivity contribution >= 4 is 23.5 Å². The predicted molar refractivity (Wildman–Crippen MR) is 102 cm³/mol. The Hall–Kier alpha value is -2.57. The molecular weight excluding hydrogens is 348 g/mol. The highest BCUT2D eigenvalue weighted by Crippen LogP contribution is 2.38. The third kappa shape index (κ3) is 4.99. The smallest absolute Gasteiger partial charge is 0.326 e. The molecule has 0 radical (unpaired) electrons. The Morgan fingerprint density at radius 3 is 2.67 bits per heavy atom. The zero-order valence-corrected chi connectivity index (χ0v) is 16.4. The molecule has 27 heavy (non-hydrogen) atoms. The minimum Gasteiger partial charge on any atom is -0.480 e. The van der Waals surface area contributed by atoms with Crippen molar-refractivity contribution in [2.24, 2.45) is 0 Å². The van der Waals surface area contributed by atoms with Crippen molar-refractivity contribution in [3.63, 3.8) is 0 Å². The van der Waals surface area contributed by atoms with E-state index in [0.717, 1.165) is 18.4 Å². The van der Waals surface area contributed by atoms with E-state index < -0.39 is 17.6 Å². The summed E-state index contributed by atoms with van der Waals surface area (Å²) in [5.41, 5.74) is 0.585. The van der Waals surface area contributed by atoms with E-state index in [1.165, 1.54) is 0 Å². The molecule has 2 amide bonds. The standard InChI is InChI=1S/C20H28N2O5/c1-5-6-7-14(18(24)25)21-17(23)10-11-22-15-12-13(2)8-9-16(15)27-20(3,4)19(22)26/h8-9,12,14H,5-7,10-11H2,1-4H3,(H,21,23)(H,24,25). The Morgan fingerprint density at radius 2 is 2.04 bits per heavy atom. The first-order valence-electron chi connectivity index (χ1n) is 9.29. The van der Waals surface area contributed by atoms with Gasteiger partial charge in [0.15, 0.2) is 5.60 Å². The van der Waals surface area contributed by atoms with Crippen LogP contribution in [0.3, 0.4) is 0 Å². The molecule has 1 unspecified atom stereocenters. The number of carboxylic acid groups (broad SMARTS) is 1. The zero-order chi connectivity index (χ0) is 20.2. The second-order valence-electron chi connectivity index (χ2n) is 7.39. The lowest BCUT2D eigenvalue weighted by atomic mass is 10.0. The van der Waals surface area contributed by atoms with Crippen molar-refractivity contribution in [2.75, 3.05) is 11.4 Å². The monoisotopic (exact) mass is 376 g/mol. The van der Waals surface area contributed by atoms with Gasteiger partial charge in [0, 0.05) is 13.0 Å². The highest BCUT2D eigenvalue weighted by atomic mass is 16.5. The molecule has 7 nitrogen and oxygen atoms in total. The molecule has 2 N–H and O–H groups in total. The van der Waals surface area contributed by atoms with Gasteiger partial charge in [-0.25, -0.2) is 4.79 Å². The summed E-state index contributed by atoms with van der Waals surface area (Å²) in [6, 6.07) is 4.67. The number of carbonyl (C=O) groups is 3. The van der Waals surface area contributed by atoms with E-state index in [4.69, 9.17) is 4.74 Å². The highest BCUT2D eigenvalue weighted by molar-refractivity contribution is 6.02. The first-order chi connectivity index (χ1) is 12.7. The van der Waals surface area contributed by atoms with Gasteiger partial charge < -0.3 is 20.1 Å². The van der Waals surface area contributed by atoms with Gasteiger partial charge in [-0.15, -0.1) is 0 Å². The number of nitrogens with one attached hydrogen (secondary N) is 1. The molecule has 7 heteroatoms. The number of fused-ring (bicyclic) bond motifs is 1.